The molecule has 2 fully saturated rings. The molecule has 3 N–H and O–H groups in total. The second-order valence-corrected chi connectivity index (χ2v) is 5.52. The molecule has 0 spiro atoms. The van der Waals surface area contributed by atoms with Crippen molar-refractivity contribution in [1.82, 2.24) is 15.1 Å². The van der Waals surface area contributed by atoms with E-state index in [4.69, 9.17) is 10.5 Å². The van der Waals surface area contributed by atoms with Crippen molar-refractivity contribution in [3.05, 3.63) is 17.5 Å². The van der Waals surface area contributed by atoms with E-state index in [2.05, 4.69) is 10.4 Å². The summed E-state index contributed by atoms with van der Waals surface area (Å²) in [6.45, 7) is 2.60. The molecule has 0 aromatic carbocycles. The highest BCUT2D eigenvalue weighted by atomic mass is 16.5. The molecule has 1 aromatic heterocycles. The first-order chi connectivity index (χ1) is 9.08. The van der Waals surface area contributed by atoms with Gasteiger partial charge in [-0.25, -0.2) is 0 Å². The molecule has 0 radical (unpaired) electrons. The Labute approximate surface area is 112 Å². The first-order valence-corrected chi connectivity index (χ1v) is 6.76. The van der Waals surface area contributed by atoms with Gasteiger partial charge in [-0.1, -0.05) is 0 Å². The number of carbonyl (C=O) groups is 1. The largest absolute Gasteiger partial charge is 0.376 e. The molecule has 2 heterocycles. The number of fused-ring (bicyclic) bond motifs is 1. The van der Waals surface area contributed by atoms with E-state index in [0.717, 1.165) is 25.1 Å². The van der Waals surface area contributed by atoms with E-state index in [9.17, 15) is 4.79 Å². The van der Waals surface area contributed by atoms with Gasteiger partial charge in [0.05, 0.1) is 23.4 Å². The average Bonchev–Trinajstić information content (AvgIpc) is 2.74. The van der Waals surface area contributed by atoms with Crippen molar-refractivity contribution in [2.24, 2.45) is 18.7 Å². The van der Waals surface area contributed by atoms with Gasteiger partial charge >= 0.3 is 0 Å². The fourth-order valence-corrected chi connectivity index (χ4v) is 3.18. The van der Waals surface area contributed by atoms with Crippen LogP contribution in [-0.2, 0) is 11.8 Å². The van der Waals surface area contributed by atoms with Gasteiger partial charge in [0.2, 0.25) is 0 Å². The highest BCUT2D eigenvalue weighted by Crippen LogP contribution is 2.37. The zero-order chi connectivity index (χ0) is 13.6. The van der Waals surface area contributed by atoms with Crippen molar-refractivity contribution >= 4 is 5.91 Å². The Morgan fingerprint density at radius 2 is 2.42 bits per heavy atom. The van der Waals surface area contributed by atoms with Gasteiger partial charge in [-0.3, -0.25) is 9.48 Å². The number of nitrogens with two attached hydrogens (primary N) is 1. The Hall–Kier alpha value is -1.40. The monoisotopic (exact) mass is 264 g/mol. The summed E-state index contributed by atoms with van der Waals surface area (Å²) in [6.07, 6.45) is 3.99. The van der Waals surface area contributed by atoms with Crippen LogP contribution in [0.3, 0.4) is 0 Å². The van der Waals surface area contributed by atoms with Crippen LogP contribution >= 0.6 is 0 Å². The lowest BCUT2D eigenvalue weighted by Gasteiger charge is -2.52. The van der Waals surface area contributed by atoms with E-state index in [1.165, 1.54) is 0 Å². The van der Waals surface area contributed by atoms with Crippen LogP contribution in [0.5, 0.6) is 0 Å². The number of ether oxygens (including phenoxy) is 1. The van der Waals surface area contributed by atoms with E-state index in [1.54, 1.807) is 17.9 Å². The van der Waals surface area contributed by atoms with Gasteiger partial charge in [-0.15, -0.1) is 0 Å². The zero-order valence-electron chi connectivity index (χ0n) is 11.3. The predicted molar refractivity (Wildman–Crippen MR) is 69.6 cm³/mol. The van der Waals surface area contributed by atoms with Gasteiger partial charge in [0.25, 0.3) is 5.91 Å². The summed E-state index contributed by atoms with van der Waals surface area (Å²) in [5, 5.41) is 7.17. The molecule has 1 saturated carbocycles. The van der Waals surface area contributed by atoms with Crippen LogP contribution in [0.4, 0.5) is 0 Å². The Bertz CT molecular complexity index is 499. The van der Waals surface area contributed by atoms with Gasteiger partial charge in [-0.2, -0.15) is 5.10 Å². The Morgan fingerprint density at radius 1 is 1.63 bits per heavy atom. The second kappa shape index (κ2) is 4.61. The number of hydrogen-bond donors (Lipinski definition) is 2. The van der Waals surface area contributed by atoms with Crippen LogP contribution in [0.15, 0.2) is 6.20 Å². The second-order valence-electron chi connectivity index (χ2n) is 5.52. The van der Waals surface area contributed by atoms with Crippen molar-refractivity contribution in [3.63, 3.8) is 0 Å². The highest BCUT2D eigenvalue weighted by Gasteiger charge is 2.51. The molecule has 1 aliphatic heterocycles. The van der Waals surface area contributed by atoms with Gasteiger partial charge < -0.3 is 15.8 Å². The quantitative estimate of drug-likeness (QED) is 0.785. The van der Waals surface area contributed by atoms with Crippen molar-refractivity contribution in [2.45, 2.75) is 38.0 Å². The zero-order valence-corrected chi connectivity index (χ0v) is 11.3. The number of hydrogen-bond acceptors (Lipinski definition) is 4. The van der Waals surface area contributed by atoms with E-state index in [1.807, 2.05) is 6.92 Å². The maximum Gasteiger partial charge on any atom is 0.255 e. The van der Waals surface area contributed by atoms with Gasteiger partial charge in [0, 0.05) is 31.8 Å². The minimum absolute atomic E-state index is 0.00577. The van der Waals surface area contributed by atoms with Gasteiger partial charge in [-0.05, 0) is 19.8 Å². The molecule has 4 unspecified atom stereocenters. The number of amides is 1. The van der Waals surface area contributed by atoms with Crippen molar-refractivity contribution < 1.29 is 9.53 Å². The molecule has 1 amide bonds. The Balaban J connectivity index is 1.68. The fraction of sp³-hybridized carbons (Fsp3) is 0.692. The third kappa shape index (κ3) is 2.04. The van der Waals surface area contributed by atoms with Crippen molar-refractivity contribution in [3.8, 4) is 0 Å². The highest BCUT2D eigenvalue weighted by molar-refractivity contribution is 5.95. The number of aryl methyl sites for hydroxylation is 2. The van der Waals surface area contributed by atoms with Crippen LogP contribution in [-0.4, -0.2) is 40.5 Å². The lowest BCUT2D eigenvalue weighted by molar-refractivity contribution is -0.117. The number of carbonyl (C=O) groups excluding carboxylic acids is 1. The van der Waals surface area contributed by atoms with E-state index in [0.29, 0.717) is 11.5 Å². The molecule has 0 bridgehead atoms. The summed E-state index contributed by atoms with van der Waals surface area (Å²) in [5.41, 5.74) is 7.47. The minimum atomic E-state index is -0.112. The number of nitrogens with zero attached hydrogens (tertiary/aromatic N) is 2. The molecular formula is C13H20N4O2. The van der Waals surface area contributed by atoms with Crippen LogP contribution in [0.1, 0.15) is 28.9 Å². The predicted octanol–water partition coefficient (Wildman–Crippen LogP) is -0.0370. The smallest absolute Gasteiger partial charge is 0.255 e. The maximum atomic E-state index is 12.2. The SMILES string of the molecule is Cc1nn(C)cc1C(=O)NC1C(N)C2CCCOC21. The maximum absolute atomic E-state index is 12.2. The summed E-state index contributed by atoms with van der Waals surface area (Å²) in [4.78, 5) is 12.2. The molecule has 6 nitrogen and oxygen atoms in total. The molecule has 3 rings (SSSR count). The first-order valence-electron chi connectivity index (χ1n) is 6.76. The fourth-order valence-electron chi connectivity index (χ4n) is 3.18. The van der Waals surface area contributed by atoms with Crippen LogP contribution in [0.2, 0.25) is 0 Å². The number of rotatable bonds is 2. The third-order valence-electron chi connectivity index (χ3n) is 4.23. The van der Waals surface area contributed by atoms with Crippen molar-refractivity contribution in [2.75, 3.05) is 6.61 Å². The lowest BCUT2D eigenvalue weighted by Crippen LogP contribution is -2.72. The Morgan fingerprint density at radius 3 is 3.11 bits per heavy atom. The number of aromatic nitrogens is 2. The van der Waals surface area contributed by atoms with Crippen LogP contribution in [0, 0.1) is 12.8 Å². The number of nitrogens with one attached hydrogen (secondary N) is 1. The van der Waals surface area contributed by atoms with Gasteiger partial charge in [0.1, 0.15) is 0 Å². The molecule has 1 saturated heterocycles. The van der Waals surface area contributed by atoms with Crippen LogP contribution < -0.4 is 11.1 Å². The standard InChI is InChI=1S/C13H20N4O2/c1-7-9(6-17(2)16-7)13(18)15-11-10(14)8-4-3-5-19-12(8)11/h6,8,10-12H,3-5,14H2,1-2H3,(H,15,18). The minimum Gasteiger partial charge on any atom is -0.376 e. The normalized spacial score (nSPS) is 33.4. The molecule has 2 aliphatic rings. The molecule has 1 aliphatic carbocycles. The Kier molecular flexibility index (Phi) is 3.06. The molecular weight excluding hydrogens is 244 g/mol. The first kappa shape index (κ1) is 12.6. The van der Waals surface area contributed by atoms with Crippen molar-refractivity contribution in [1.29, 1.82) is 0 Å². The molecule has 104 valence electrons. The summed E-state index contributed by atoms with van der Waals surface area (Å²) < 4.78 is 7.36. The van der Waals surface area contributed by atoms with E-state index in [-0.39, 0.29) is 24.1 Å². The average molecular weight is 264 g/mol. The third-order valence-corrected chi connectivity index (χ3v) is 4.23. The van der Waals surface area contributed by atoms with Gasteiger partial charge in [0.15, 0.2) is 0 Å². The molecule has 4 atom stereocenters. The molecule has 6 heteroatoms. The summed E-state index contributed by atoms with van der Waals surface area (Å²) in [5.74, 6) is 0.285. The van der Waals surface area contributed by atoms with E-state index < -0.39 is 0 Å². The van der Waals surface area contributed by atoms with Crippen LogP contribution in [0.25, 0.3) is 0 Å². The summed E-state index contributed by atoms with van der Waals surface area (Å²) in [7, 11) is 1.80. The molecule has 19 heavy (non-hydrogen) atoms. The topological polar surface area (TPSA) is 82.2 Å². The van der Waals surface area contributed by atoms with E-state index >= 15 is 0 Å². The lowest BCUT2D eigenvalue weighted by atomic mass is 9.68. The molecule has 1 aromatic rings. The summed E-state index contributed by atoms with van der Waals surface area (Å²) in [6, 6.07) is -0.0661. The summed E-state index contributed by atoms with van der Waals surface area (Å²) >= 11 is 0.